The maximum absolute atomic E-state index is 13.5. The maximum atomic E-state index is 13.5. The van der Waals surface area contributed by atoms with Gasteiger partial charge >= 0.3 is 0 Å². The third-order valence-electron chi connectivity index (χ3n) is 4.29. The van der Waals surface area contributed by atoms with Crippen LogP contribution in [0.2, 0.25) is 0 Å². The molecule has 21 heavy (non-hydrogen) atoms. The smallest absolute Gasteiger partial charge is 0.244 e. The van der Waals surface area contributed by atoms with E-state index in [9.17, 15) is 9.18 Å². The number of hydrogen-bond acceptors (Lipinski definition) is 3. The van der Waals surface area contributed by atoms with Crippen LogP contribution in [0.1, 0.15) is 38.4 Å². The van der Waals surface area contributed by atoms with E-state index in [0.29, 0.717) is 0 Å². The Morgan fingerprint density at radius 3 is 2.90 bits per heavy atom. The van der Waals surface area contributed by atoms with Crippen LogP contribution in [0.5, 0.6) is 0 Å². The highest BCUT2D eigenvalue weighted by Gasteiger charge is 2.60. The Kier molecular flexibility index (Phi) is 3.97. The Hall–Kier alpha value is -1.07. The van der Waals surface area contributed by atoms with Crippen LogP contribution in [0.3, 0.4) is 0 Å². The number of amides is 1. The molecule has 1 saturated heterocycles. The normalized spacial score (nSPS) is 24.6. The van der Waals surface area contributed by atoms with Gasteiger partial charge in [0.1, 0.15) is 17.5 Å². The van der Waals surface area contributed by atoms with Crippen molar-refractivity contribution in [2.45, 2.75) is 44.4 Å². The Labute approximate surface area is 129 Å². The number of carbonyl (C=O) groups excluding carboxylic acids is 1. The van der Waals surface area contributed by atoms with E-state index < -0.39 is 0 Å². The summed E-state index contributed by atoms with van der Waals surface area (Å²) in [6, 6.07) is 6.70. The lowest BCUT2D eigenvalue weighted by molar-refractivity contribution is -0.132. The fourth-order valence-corrected chi connectivity index (χ4v) is 3.72. The summed E-state index contributed by atoms with van der Waals surface area (Å²) in [5.41, 5.74) is 0.461. The van der Waals surface area contributed by atoms with Crippen LogP contribution in [0, 0.1) is 5.82 Å². The van der Waals surface area contributed by atoms with Crippen LogP contribution < -0.4 is 5.32 Å². The summed E-state index contributed by atoms with van der Waals surface area (Å²) in [6.07, 6.45) is 1.58. The van der Waals surface area contributed by atoms with E-state index in [2.05, 4.69) is 19.2 Å². The van der Waals surface area contributed by atoms with Crippen molar-refractivity contribution < 1.29 is 9.18 Å². The van der Waals surface area contributed by atoms with Crippen molar-refractivity contribution in [2.24, 2.45) is 0 Å². The van der Waals surface area contributed by atoms with Gasteiger partial charge in [-0.3, -0.25) is 10.1 Å². The number of nitrogens with one attached hydrogen (secondary N) is 1. The van der Waals surface area contributed by atoms with Gasteiger partial charge in [0.15, 0.2) is 0 Å². The van der Waals surface area contributed by atoms with Gasteiger partial charge in [-0.05, 0) is 43.2 Å². The molecule has 2 atom stereocenters. The summed E-state index contributed by atoms with van der Waals surface area (Å²) >= 11 is 1.83. The molecule has 1 saturated carbocycles. The topological polar surface area (TPSA) is 32.3 Å². The second-order valence-corrected chi connectivity index (χ2v) is 7.22. The zero-order valence-corrected chi connectivity index (χ0v) is 13.3. The molecule has 2 fully saturated rings. The molecule has 1 N–H and O–H groups in total. The average Bonchev–Trinajstić information content (AvgIpc) is 3.18. The first kappa shape index (κ1) is 14.9. The highest BCUT2D eigenvalue weighted by Crippen LogP contribution is 2.46. The van der Waals surface area contributed by atoms with Gasteiger partial charge < -0.3 is 4.90 Å². The van der Waals surface area contributed by atoms with Gasteiger partial charge in [-0.25, -0.2) is 4.39 Å². The second-order valence-electron chi connectivity index (χ2n) is 5.90. The van der Waals surface area contributed by atoms with Crippen molar-refractivity contribution in [3.05, 3.63) is 35.6 Å². The first-order chi connectivity index (χ1) is 10.1. The quantitative estimate of drug-likeness (QED) is 0.908. The highest BCUT2D eigenvalue weighted by atomic mass is 32.2. The molecule has 3 nitrogen and oxygen atoms in total. The molecule has 1 aliphatic carbocycles. The van der Waals surface area contributed by atoms with E-state index in [-0.39, 0.29) is 29.5 Å². The van der Waals surface area contributed by atoms with Crippen molar-refractivity contribution >= 4 is 17.7 Å². The molecule has 1 aliphatic heterocycles. The SMILES string of the molecule is CCSCC(C)N1C(=O)C2(CC2)NC1c1cccc(F)c1. The second kappa shape index (κ2) is 5.61. The molecule has 1 spiro atoms. The van der Waals surface area contributed by atoms with Crippen molar-refractivity contribution in [2.75, 3.05) is 11.5 Å². The Balaban J connectivity index is 1.88. The lowest BCUT2D eigenvalue weighted by Crippen LogP contribution is -2.40. The molecule has 2 aliphatic rings. The third kappa shape index (κ3) is 2.69. The van der Waals surface area contributed by atoms with Gasteiger partial charge in [0.05, 0.1) is 0 Å². The fourth-order valence-electron chi connectivity index (χ4n) is 2.98. The third-order valence-corrected chi connectivity index (χ3v) is 5.41. The predicted molar refractivity (Wildman–Crippen MR) is 83.5 cm³/mol. The molecule has 1 amide bonds. The first-order valence-corrected chi connectivity index (χ1v) is 8.66. The van der Waals surface area contributed by atoms with E-state index in [1.54, 1.807) is 6.07 Å². The van der Waals surface area contributed by atoms with Crippen LogP contribution in [-0.2, 0) is 4.79 Å². The molecule has 0 aromatic heterocycles. The molecule has 1 heterocycles. The first-order valence-electron chi connectivity index (χ1n) is 7.51. The minimum atomic E-state index is -0.373. The Morgan fingerprint density at radius 2 is 2.29 bits per heavy atom. The molecule has 2 unspecified atom stereocenters. The summed E-state index contributed by atoms with van der Waals surface area (Å²) < 4.78 is 13.5. The van der Waals surface area contributed by atoms with Gasteiger partial charge in [0.2, 0.25) is 5.91 Å². The van der Waals surface area contributed by atoms with Crippen LogP contribution in [-0.4, -0.2) is 33.9 Å². The van der Waals surface area contributed by atoms with E-state index in [0.717, 1.165) is 29.9 Å². The van der Waals surface area contributed by atoms with E-state index >= 15 is 0 Å². The van der Waals surface area contributed by atoms with Crippen LogP contribution in [0.4, 0.5) is 4.39 Å². The summed E-state index contributed by atoms with van der Waals surface area (Å²) in [5, 5.41) is 3.44. The number of benzene rings is 1. The fraction of sp³-hybridized carbons (Fsp3) is 0.562. The lowest BCUT2D eigenvalue weighted by atomic mass is 10.1. The van der Waals surface area contributed by atoms with Gasteiger partial charge in [-0.15, -0.1) is 0 Å². The molecule has 5 heteroatoms. The van der Waals surface area contributed by atoms with Crippen molar-refractivity contribution in [3.63, 3.8) is 0 Å². The van der Waals surface area contributed by atoms with Gasteiger partial charge in [0, 0.05) is 11.8 Å². The molecule has 114 valence electrons. The van der Waals surface area contributed by atoms with E-state index in [4.69, 9.17) is 0 Å². The summed E-state index contributed by atoms with van der Waals surface area (Å²) in [6.45, 7) is 4.20. The van der Waals surface area contributed by atoms with Gasteiger partial charge in [-0.2, -0.15) is 11.8 Å². The standard InChI is InChI=1S/C16H21FN2OS/c1-3-21-10-11(2)19-14(12-5-4-6-13(17)9-12)18-16(7-8-16)15(19)20/h4-6,9,11,14,18H,3,7-8,10H2,1-2H3. The van der Waals surface area contributed by atoms with Crippen molar-refractivity contribution in [1.82, 2.24) is 10.2 Å². The minimum Gasteiger partial charge on any atom is -0.318 e. The average molecular weight is 308 g/mol. The lowest BCUT2D eigenvalue weighted by Gasteiger charge is -2.30. The number of nitrogens with zero attached hydrogens (tertiary/aromatic N) is 1. The number of halogens is 1. The van der Waals surface area contributed by atoms with Gasteiger partial charge in [-0.1, -0.05) is 19.1 Å². The number of carbonyl (C=O) groups is 1. The largest absolute Gasteiger partial charge is 0.318 e. The summed E-state index contributed by atoms with van der Waals surface area (Å²) in [4.78, 5) is 14.6. The van der Waals surface area contributed by atoms with Gasteiger partial charge in [0.25, 0.3) is 0 Å². The zero-order chi connectivity index (χ0) is 15.0. The van der Waals surface area contributed by atoms with E-state index in [1.807, 2.05) is 22.7 Å². The predicted octanol–water partition coefficient (Wildman–Crippen LogP) is 2.93. The van der Waals surface area contributed by atoms with Crippen molar-refractivity contribution in [3.8, 4) is 0 Å². The molecular formula is C16H21FN2OS. The van der Waals surface area contributed by atoms with E-state index in [1.165, 1.54) is 12.1 Å². The summed E-state index contributed by atoms with van der Waals surface area (Å²) in [5.74, 6) is 1.87. The molecule has 0 radical (unpaired) electrons. The van der Waals surface area contributed by atoms with Crippen LogP contribution >= 0.6 is 11.8 Å². The molecule has 3 rings (SSSR count). The van der Waals surface area contributed by atoms with Crippen LogP contribution in [0.15, 0.2) is 24.3 Å². The Bertz CT molecular complexity index is 547. The van der Waals surface area contributed by atoms with Crippen LogP contribution in [0.25, 0.3) is 0 Å². The monoisotopic (exact) mass is 308 g/mol. The number of thioether (sulfide) groups is 1. The number of rotatable bonds is 5. The molecule has 0 bridgehead atoms. The minimum absolute atomic E-state index is 0.142. The number of hydrogen-bond donors (Lipinski definition) is 1. The molecule has 1 aromatic carbocycles. The van der Waals surface area contributed by atoms with Crippen molar-refractivity contribution in [1.29, 1.82) is 0 Å². The Morgan fingerprint density at radius 1 is 1.52 bits per heavy atom. The molecular weight excluding hydrogens is 287 g/mol. The highest BCUT2D eigenvalue weighted by molar-refractivity contribution is 7.99. The summed E-state index contributed by atoms with van der Waals surface area (Å²) in [7, 11) is 0. The zero-order valence-electron chi connectivity index (χ0n) is 12.4. The molecule has 1 aromatic rings. The maximum Gasteiger partial charge on any atom is 0.244 e.